The van der Waals surface area contributed by atoms with E-state index >= 15 is 0 Å². The molecule has 3 fully saturated rings. The molecule has 2 atom stereocenters. The summed E-state index contributed by atoms with van der Waals surface area (Å²) >= 11 is 2.09. The third-order valence-corrected chi connectivity index (χ3v) is 7.15. The van der Waals surface area contributed by atoms with Crippen molar-refractivity contribution in [2.45, 2.75) is 62.8 Å². The fraction of sp³-hybridized carbons (Fsp3) is 1.00. The van der Waals surface area contributed by atoms with Crippen LogP contribution < -0.4 is 5.32 Å². The van der Waals surface area contributed by atoms with Gasteiger partial charge in [-0.3, -0.25) is 0 Å². The molecule has 2 unspecified atom stereocenters. The molecule has 3 aliphatic rings. The number of nitrogens with zero attached hydrogens (tertiary/aromatic N) is 1. The lowest BCUT2D eigenvalue weighted by Gasteiger charge is -2.49. The van der Waals surface area contributed by atoms with E-state index in [4.69, 9.17) is 0 Å². The van der Waals surface area contributed by atoms with Crippen molar-refractivity contribution in [3.05, 3.63) is 0 Å². The topological polar surface area (TPSA) is 15.3 Å². The summed E-state index contributed by atoms with van der Waals surface area (Å²) in [5, 5.41) is 3.99. The summed E-state index contributed by atoms with van der Waals surface area (Å²) < 4.78 is 0.615. The zero-order valence-corrected chi connectivity index (χ0v) is 13.6. The Labute approximate surface area is 123 Å². The van der Waals surface area contributed by atoms with Gasteiger partial charge in [-0.1, -0.05) is 6.42 Å². The van der Waals surface area contributed by atoms with Gasteiger partial charge in [0.1, 0.15) is 0 Å². The Kier molecular flexibility index (Phi) is 4.17. The Morgan fingerprint density at radius 2 is 1.84 bits per heavy atom. The Bertz CT molecular complexity index is 300. The summed E-state index contributed by atoms with van der Waals surface area (Å²) in [5.41, 5.74) is 0. The van der Waals surface area contributed by atoms with Crippen LogP contribution in [0.2, 0.25) is 0 Å². The number of hydrogen-bond acceptors (Lipinski definition) is 3. The van der Waals surface area contributed by atoms with Crippen LogP contribution in [0.25, 0.3) is 0 Å². The van der Waals surface area contributed by atoms with Gasteiger partial charge in [-0.2, -0.15) is 11.8 Å². The first kappa shape index (κ1) is 14.2. The largest absolute Gasteiger partial charge is 0.312 e. The minimum Gasteiger partial charge on any atom is -0.312 e. The molecule has 0 aromatic rings. The minimum atomic E-state index is 0.615. The molecule has 0 spiro atoms. The van der Waals surface area contributed by atoms with E-state index < -0.39 is 0 Å². The van der Waals surface area contributed by atoms with Gasteiger partial charge in [0.15, 0.2) is 0 Å². The van der Waals surface area contributed by atoms with Crippen molar-refractivity contribution in [1.82, 2.24) is 10.2 Å². The van der Waals surface area contributed by atoms with Crippen LogP contribution in [0.3, 0.4) is 0 Å². The van der Waals surface area contributed by atoms with Gasteiger partial charge in [-0.25, -0.2) is 0 Å². The molecule has 1 saturated heterocycles. The van der Waals surface area contributed by atoms with E-state index in [-0.39, 0.29) is 0 Å². The summed E-state index contributed by atoms with van der Waals surface area (Å²) in [4.78, 5) is 2.72. The van der Waals surface area contributed by atoms with Crippen molar-refractivity contribution in [2.24, 2.45) is 11.8 Å². The third-order valence-electron chi connectivity index (χ3n) is 5.73. The molecule has 2 aliphatic carbocycles. The molecule has 1 aliphatic heterocycles. The van der Waals surface area contributed by atoms with E-state index in [1.165, 1.54) is 51.7 Å². The maximum absolute atomic E-state index is 3.99. The number of fused-ring (bicyclic) bond motifs is 2. The summed E-state index contributed by atoms with van der Waals surface area (Å²) in [6, 6.07) is 1.54. The van der Waals surface area contributed by atoms with Crippen LogP contribution in [0.5, 0.6) is 0 Å². The second-order valence-electron chi connectivity index (χ2n) is 7.29. The van der Waals surface area contributed by atoms with Crippen molar-refractivity contribution in [3.8, 4) is 0 Å². The molecule has 3 heteroatoms. The number of nitrogens with one attached hydrogen (secondary N) is 1. The van der Waals surface area contributed by atoms with Gasteiger partial charge in [-0.05, 0) is 57.6 Å². The lowest BCUT2D eigenvalue weighted by atomic mass is 9.73. The molecule has 0 radical (unpaired) electrons. The quantitative estimate of drug-likeness (QED) is 0.834. The van der Waals surface area contributed by atoms with Gasteiger partial charge < -0.3 is 10.2 Å². The molecular formula is C16H30N2S. The molecule has 0 aromatic heterocycles. The van der Waals surface area contributed by atoms with Crippen LogP contribution in [-0.4, -0.2) is 47.6 Å². The van der Waals surface area contributed by atoms with Crippen LogP contribution in [-0.2, 0) is 0 Å². The molecule has 1 heterocycles. The SMILES string of the molecule is CSC1(CNC2C3CCCC2CN(C(C)C)C3)CC1. The van der Waals surface area contributed by atoms with Crippen molar-refractivity contribution in [3.63, 3.8) is 0 Å². The summed E-state index contributed by atoms with van der Waals surface area (Å²) in [6.45, 7) is 8.64. The van der Waals surface area contributed by atoms with Gasteiger partial charge >= 0.3 is 0 Å². The first-order chi connectivity index (χ1) is 9.13. The molecule has 0 amide bonds. The molecule has 1 N–H and O–H groups in total. The van der Waals surface area contributed by atoms with Crippen molar-refractivity contribution < 1.29 is 0 Å². The highest BCUT2D eigenvalue weighted by Crippen LogP contribution is 2.47. The Balaban J connectivity index is 1.59. The predicted octanol–water partition coefficient (Wildman–Crippen LogP) is 2.98. The standard InChI is InChI=1S/C16H30N2S/c1-12(2)18-9-13-5-4-6-14(10-18)15(13)17-11-16(19-3)7-8-16/h12-15,17H,4-11H2,1-3H3. The van der Waals surface area contributed by atoms with E-state index in [9.17, 15) is 0 Å². The van der Waals surface area contributed by atoms with E-state index in [0.717, 1.165) is 23.9 Å². The third kappa shape index (κ3) is 2.98. The molecule has 2 saturated carbocycles. The number of piperidine rings is 1. The zero-order valence-electron chi connectivity index (χ0n) is 12.8. The van der Waals surface area contributed by atoms with E-state index in [1.54, 1.807) is 0 Å². The first-order valence-electron chi connectivity index (χ1n) is 8.16. The van der Waals surface area contributed by atoms with Crippen LogP contribution >= 0.6 is 11.8 Å². The smallest absolute Gasteiger partial charge is 0.0282 e. The van der Waals surface area contributed by atoms with Crippen LogP contribution in [0.15, 0.2) is 0 Å². The number of rotatable bonds is 5. The van der Waals surface area contributed by atoms with Gasteiger partial charge in [0.2, 0.25) is 0 Å². The van der Waals surface area contributed by atoms with Crippen LogP contribution in [0.4, 0.5) is 0 Å². The molecule has 110 valence electrons. The highest BCUT2D eigenvalue weighted by atomic mass is 32.2. The maximum atomic E-state index is 3.99. The fourth-order valence-corrected chi connectivity index (χ4v) is 4.86. The lowest BCUT2D eigenvalue weighted by molar-refractivity contribution is 0.0297. The van der Waals surface area contributed by atoms with E-state index in [1.807, 2.05) is 0 Å². The van der Waals surface area contributed by atoms with Crippen LogP contribution in [0.1, 0.15) is 46.0 Å². The Morgan fingerprint density at radius 3 is 2.32 bits per heavy atom. The van der Waals surface area contributed by atoms with E-state index in [2.05, 4.69) is 42.1 Å². The fourth-order valence-electron chi connectivity index (χ4n) is 4.12. The molecule has 2 bridgehead atoms. The van der Waals surface area contributed by atoms with Crippen molar-refractivity contribution in [1.29, 1.82) is 0 Å². The molecule has 3 rings (SSSR count). The Hall–Kier alpha value is 0.270. The molecule has 2 nitrogen and oxygen atoms in total. The molecular weight excluding hydrogens is 252 g/mol. The minimum absolute atomic E-state index is 0.615. The average Bonchev–Trinajstić information content (AvgIpc) is 3.15. The zero-order chi connectivity index (χ0) is 13.5. The highest BCUT2D eigenvalue weighted by Gasteiger charge is 2.45. The van der Waals surface area contributed by atoms with Crippen LogP contribution in [0, 0.1) is 11.8 Å². The maximum Gasteiger partial charge on any atom is 0.0282 e. The summed E-state index contributed by atoms with van der Waals surface area (Å²) in [7, 11) is 0. The second-order valence-corrected chi connectivity index (χ2v) is 8.57. The monoisotopic (exact) mass is 282 g/mol. The lowest BCUT2D eigenvalue weighted by Crippen LogP contribution is -2.59. The number of thioether (sulfide) groups is 1. The number of hydrogen-bond donors (Lipinski definition) is 1. The first-order valence-corrected chi connectivity index (χ1v) is 9.39. The summed E-state index contributed by atoms with van der Waals surface area (Å²) in [6.07, 6.45) is 9.51. The van der Waals surface area contributed by atoms with Gasteiger partial charge in [0.25, 0.3) is 0 Å². The van der Waals surface area contributed by atoms with Gasteiger partial charge in [0.05, 0.1) is 0 Å². The Morgan fingerprint density at radius 1 is 1.21 bits per heavy atom. The normalized spacial score (nSPS) is 37.6. The average molecular weight is 282 g/mol. The second kappa shape index (κ2) is 5.57. The predicted molar refractivity (Wildman–Crippen MR) is 84.8 cm³/mol. The highest BCUT2D eigenvalue weighted by molar-refractivity contribution is 8.00. The van der Waals surface area contributed by atoms with Gasteiger partial charge in [0, 0.05) is 36.5 Å². The van der Waals surface area contributed by atoms with E-state index in [0.29, 0.717) is 4.75 Å². The van der Waals surface area contributed by atoms with Crippen molar-refractivity contribution >= 4 is 11.8 Å². The number of likely N-dealkylation sites (tertiary alicyclic amines) is 1. The van der Waals surface area contributed by atoms with Crippen molar-refractivity contribution in [2.75, 3.05) is 25.9 Å². The molecule has 0 aromatic carbocycles. The summed E-state index contributed by atoms with van der Waals surface area (Å²) in [5.74, 6) is 1.82. The van der Waals surface area contributed by atoms with Gasteiger partial charge in [-0.15, -0.1) is 0 Å². The molecule has 19 heavy (non-hydrogen) atoms.